The van der Waals surface area contributed by atoms with Crippen molar-refractivity contribution in [3.8, 4) is 0 Å². The number of aryl methyl sites for hydroxylation is 1. The van der Waals surface area contributed by atoms with Crippen molar-refractivity contribution < 1.29 is 0 Å². The van der Waals surface area contributed by atoms with Crippen molar-refractivity contribution in [2.45, 2.75) is 38.0 Å². The zero-order valence-electron chi connectivity index (χ0n) is 9.56. The first kappa shape index (κ1) is 10.8. The summed E-state index contributed by atoms with van der Waals surface area (Å²) in [5.74, 6) is 0.732. The molecule has 0 amide bonds. The normalized spacial score (nSPS) is 24.4. The Labute approximate surface area is 106 Å². The van der Waals surface area contributed by atoms with E-state index in [2.05, 4.69) is 33.4 Å². The molecule has 1 saturated heterocycles. The van der Waals surface area contributed by atoms with Crippen LogP contribution in [0.3, 0.4) is 0 Å². The van der Waals surface area contributed by atoms with E-state index in [1.54, 1.807) is 16.7 Å². The van der Waals surface area contributed by atoms with Gasteiger partial charge in [0.05, 0.1) is 0 Å². The minimum atomic E-state index is 0.732. The molecule has 16 heavy (non-hydrogen) atoms. The Hall–Kier alpha value is -0.340. The SMILES string of the molecule is Brc1cc([C@@H]2CCCNC2)cc2c1CCC2. The highest BCUT2D eigenvalue weighted by molar-refractivity contribution is 9.10. The third-order valence-corrected chi connectivity index (χ3v) is 4.66. The predicted molar refractivity (Wildman–Crippen MR) is 71.0 cm³/mol. The zero-order chi connectivity index (χ0) is 11.0. The molecule has 86 valence electrons. The quantitative estimate of drug-likeness (QED) is 0.831. The van der Waals surface area contributed by atoms with Gasteiger partial charge in [0.25, 0.3) is 0 Å². The fourth-order valence-corrected chi connectivity index (χ4v) is 3.76. The number of rotatable bonds is 1. The molecule has 3 rings (SSSR count). The van der Waals surface area contributed by atoms with Gasteiger partial charge in [-0.2, -0.15) is 0 Å². The molecule has 1 aromatic carbocycles. The van der Waals surface area contributed by atoms with E-state index < -0.39 is 0 Å². The van der Waals surface area contributed by atoms with Crippen LogP contribution in [0.1, 0.15) is 41.9 Å². The molecular weight excluding hydrogens is 262 g/mol. The highest BCUT2D eigenvalue weighted by Crippen LogP contribution is 2.34. The lowest BCUT2D eigenvalue weighted by molar-refractivity contribution is 0.461. The Morgan fingerprint density at radius 3 is 2.94 bits per heavy atom. The van der Waals surface area contributed by atoms with Crippen LogP contribution in [-0.2, 0) is 12.8 Å². The minimum Gasteiger partial charge on any atom is -0.316 e. The molecule has 0 aromatic heterocycles. The van der Waals surface area contributed by atoms with E-state index >= 15 is 0 Å². The van der Waals surface area contributed by atoms with Gasteiger partial charge >= 0.3 is 0 Å². The number of halogens is 1. The lowest BCUT2D eigenvalue weighted by Gasteiger charge is -2.24. The largest absolute Gasteiger partial charge is 0.316 e. The van der Waals surface area contributed by atoms with Gasteiger partial charge in [-0.3, -0.25) is 0 Å². The number of nitrogens with one attached hydrogen (secondary N) is 1. The van der Waals surface area contributed by atoms with Crippen LogP contribution < -0.4 is 5.32 Å². The summed E-state index contributed by atoms with van der Waals surface area (Å²) < 4.78 is 1.35. The Morgan fingerprint density at radius 1 is 1.19 bits per heavy atom. The molecule has 1 N–H and O–H groups in total. The summed E-state index contributed by atoms with van der Waals surface area (Å²) in [7, 11) is 0. The molecule has 1 aliphatic heterocycles. The van der Waals surface area contributed by atoms with Crippen molar-refractivity contribution in [1.29, 1.82) is 0 Å². The van der Waals surface area contributed by atoms with Gasteiger partial charge in [-0.05, 0) is 67.3 Å². The van der Waals surface area contributed by atoms with E-state index in [1.807, 2.05) is 0 Å². The van der Waals surface area contributed by atoms with E-state index in [0.717, 1.165) is 12.5 Å². The third kappa shape index (κ3) is 1.93. The van der Waals surface area contributed by atoms with Crippen LogP contribution >= 0.6 is 15.9 Å². The monoisotopic (exact) mass is 279 g/mol. The molecule has 0 bridgehead atoms. The number of hydrogen-bond donors (Lipinski definition) is 1. The Bertz CT molecular complexity index is 394. The van der Waals surface area contributed by atoms with Crippen LogP contribution in [0, 0.1) is 0 Å². The lowest BCUT2D eigenvalue weighted by atomic mass is 9.90. The Morgan fingerprint density at radius 2 is 2.12 bits per heavy atom. The first-order chi connectivity index (χ1) is 7.84. The summed E-state index contributed by atoms with van der Waals surface area (Å²) in [6.45, 7) is 2.35. The Kier molecular flexibility index (Phi) is 3.03. The van der Waals surface area contributed by atoms with Crippen LogP contribution in [-0.4, -0.2) is 13.1 Å². The van der Waals surface area contributed by atoms with Crippen molar-refractivity contribution >= 4 is 15.9 Å². The highest BCUT2D eigenvalue weighted by atomic mass is 79.9. The minimum absolute atomic E-state index is 0.732. The summed E-state index contributed by atoms with van der Waals surface area (Å²) in [5.41, 5.74) is 4.70. The molecular formula is C14H18BrN. The van der Waals surface area contributed by atoms with E-state index in [1.165, 1.54) is 43.1 Å². The highest BCUT2D eigenvalue weighted by Gasteiger charge is 2.20. The average Bonchev–Trinajstić information content (AvgIpc) is 2.79. The van der Waals surface area contributed by atoms with Crippen molar-refractivity contribution in [3.63, 3.8) is 0 Å². The molecule has 2 heteroatoms. The zero-order valence-corrected chi connectivity index (χ0v) is 11.1. The molecule has 0 radical (unpaired) electrons. The fraction of sp³-hybridized carbons (Fsp3) is 0.571. The maximum atomic E-state index is 3.74. The van der Waals surface area contributed by atoms with Gasteiger partial charge in [-0.15, -0.1) is 0 Å². The van der Waals surface area contributed by atoms with Crippen molar-refractivity contribution in [3.05, 3.63) is 33.3 Å². The molecule has 1 aliphatic carbocycles. The first-order valence-corrected chi connectivity index (χ1v) is 7.16. The second kappa shape index (κ2) is 4.50. The van der Waals surface area contributed by atoms with Crippen molar-refractivity contribution in [2.24, 2.45) is 0 Å². The summed E-state index contributed by atoms with van der Waals surface area (Å²) in [6.07, 6.45) is 6.54. The van der Waals surface area contributed by atoms with Crippen LogP contribution in [0.4, 0.5) is 0 Å². The number of hydrogen-bond acceptors (Lipinski definition) is 1. The first-order valence-electron chi connectivity index (χ1n) is 6.36. The maximum absolute atomic E-state index is 3.74. The molecule has 1 atom stereocenters. The van der Waals surface area contributed by atoms with Crippen molar-refractivity contribution in [1.82, 2.24) is 5.32 Å². The Balaban J connectivity index is 1.92. The molecule has 1 nitrogen and oxygen atoms in total. The van der Waals surface area contributed by atoms with Crippen LogP contribution in [0.25, 0.3) is 0 Å². The molecule has 1 heterocycles. The summed E-state index contributed by atoms with van der Waals surface area (Å²) >= 11 is 3.74. The molecule has 0 saturated carbocycles. The van der Waals surface area contributed by atoms with Crippen LogP contribution in [0.2, 0.25) is 0 Å². The van der Waals surface area contributed by atoms with Gasteiger partial charge in [0, 0.05) is 11.0 Å². The third-order valence-electron chi connectivity index (χ3n) is 3.95. The van der Waals surface area contributed by atoms with E-state index in [4.69, 9.17) is 0 Å². The summed E-state index contributed by atoms with van der Waals surface area (Å²) in [4.78, 5) is 0. The number of fused-ring (bicyclic) bond motifs is 1. The summed E-state index contributed by atoms with van der Waals surface area (Å²) in [5, 5.41) is 3.51. The van der Waals surface area contributed by atoms with Gasteiger partial charge in [0.15, 0.2) is 0 Å². The van der Waals surface area contributed by atoms with E-state index in [9.17, 15) is 0 Å². The fourth-order valence-electron chi connectivity index (χ4n) is 3.05. The number of benzene rings is 1. The predicted octanol–water partition coefficient (Wildman–Crippen LogP) is 3.40. The molecule has 1 fully saturated rings. The van der Waals surface area contributed by atoms with Gasteiger partial charge in [-0.1, -0.05) is 22.0 Å². The van der Waals surface area contributed by atoms with Gasteiger partial charge in [-0.25, -0.2) is 0 Å². The van der Waals surface area contributed by atoms with Crippen LogP contribution in [0.5, 0.6) is 0 Å². The second-order valence-corrected chi connectivity index (χ2v) is 5.89. The average molecular weight is 280 g/mol. The molecule has 2 aliphatic rings. The topological polar surface area (TPSA) is 12.0 Å². The number of piperidine rings is 1. The molecule has 1 aromatic rings. The van der Waals surface area contributed by atoms with Crippen molar-refractivity contribution in [2.75, 3.05) is 13.1 Å². The van der Waals surface area contributed by atoms with E-state index in [0.29, 0.717) is 0 Å². The molecule has 0 spiro atoms. The smallest absolute Gasteiger partial charge is 0.0212 e. The standard InChI is InChI=1S/C14H18BrN/c15-14-8-12(11-4-2-6-16-9-11)7-10-3-1-5-13(10)14/h7-8,11,16H,1-6,9H2/t11-/m1/s1. The van der Waals surface area contributed by atoms with Gasteiger partial charge in [0.2, 0.25) is 0 Å². The second-order valence-electron chi connectivity index (χ2n) is 5.04. The van der Waals surface area contributed by atoms with Gasteiger partial charge < -0.3 is 5.32 Å². The van der Waals surface area contributed by atoms with Gasteiger partial charge in [0.1, 0.15) is 0 Å². The summed E-state index contributed by atoms with van der Waals surface area (Å²) in [6, 6.07) is 4.83. The van der Waals surface area contributed by atoms with E-state index in [-0.39, 0.29) is 0 Å². The van der Waals surface area contributed by atoms with Crippen LogP contribution in [0.15, 0.2) is 16.6 Å². The lowest BCUT2D eigenvalue weighted by Crippen LogP contribution is -2.28. The maximum Gasteiger partial charge on any atom is 0.0212 e. The molecule has 0 unspecified atom stereocenters.